The van der Waals surface area contributed by atoms with Crippen molar-refractivity contribution in [3.8, 4) is 0 Å². The minimum atomic E-state index is -0.346. The summed E-state index contributed by atoms with van der Waals surface area (Å²) in [5.41, 5.74) is 5.94. The fraction of sp³-hybridized carbons (Fsp3) is 0.929. The summed E-state index contributed by atoms with van der Waals surface area (Å²) in [7, 11) is 6.22. The third-order valence-corrected chi connectivity index (χ3v) is 3.96. The maximum Gasteiger partial charge on any atom is 0.239 e. The molecule has 0 aromatic rings. The molecule has 0 saturated carbocycles. The van der Waals surface area contributed by atoms with Gasteiger partial charge >= 0.3 is 0 Å². The van der Waals surface area contributed by atoms with Crippen LogP contribution in [0.2, 0.25) is 0 Å². The van der Waals surface area contributed by atoms with Crippen LogP contribution in [-0.2, 0) is 4.79 Å². The van der Waals surface area contributed by atoms with E-state index < -0.39 is 0 Å². The van der Waals surface area contributed by atoms with Gasteiger partial charge in [-0.05, 0) is 53.5 Å². The molecule has 1 saturated heterocycles. The Labute approximate surface area is 117 Å². The molecule has 0 spiro atoms. The van der Waals surface area contributed by atoms with E-state index in [0.717, 1.165) is 39.0 Å². The Balaban J connectivity index is 2.65. The number of nitrogens with zero attached hydrogens (tertiary/aromatic N) is 3. The summed E-state index contributed by atoms with van der Waals surface area (Å²) in [5, 5.41) is 0. The van der Waals surface area contributed by atoms with Crippen LogP contribution in [0.3, 0.4) is 0 Å². The van der Waals surface area contributed by atoms with Gasteiger partial charge < -0.3 is 20.4 Å². The van der Waals surface area contributed by atoms with Gasteiger partial charge in [-0.15, -0.1) is 0 Å². The summed E-state index contributed by atoms with van der Waals surface area (Å²) in [6.45, 7) is 5.79. The molecule has 0 bridgehead atoms. The number of likely N-dealkylation sites (N-methyl/N-ethyl adjacent to an activating group) is 1. The molecule has 0 unspecified atom stereocenters. The van der Waals surface area contributed by atoms with Crippen LogP contribution in [0.1, 0.15) is 26.2 Å². The van der Waals surface area contributed by atoms with Gasteiger partial charge in [-0.25, -0.2) is 0 Å². The van der Waals surface area contributed by atoms with E-state index in [-0.39, 0.29) is 11.9 Å². The van der Waals surface area contributed by atoms with Crippen molar-refractivity contribution in [3.63, 3.8) is 0 Å². The zero-order chi connectivity index (χ0) is 14.4. The Kier molecular flexibility index (Phi) is 6.75. The second-order valence-corrected chi connectivity index (χ2v) is 5.88. The fourth-order valence-corrected chi connectivity index (χ4v) is 2.47. The first kappa shape index (κ1) is 16.4. The molecule has 5 nitrogen and oxygen atoms in total. The molecule has 1 fully saturated rings. The molecule has 5 heteroatoms. The number of hydrogen-bond acceptors (Lipinski definition) is 4. The van der Waals surface area contributed by atoms with Crippen LogP contribution >= 0.6 is 0 Å². The normalized spacial score (nSPS) is 19.7. The molecule has 2 N–H and O–H groups in total. The van der Waals surface area contributed by atoms with Crippen LogP contribution in [0.15, 0.2) is 0 Å². The minimum absolute atomic E-state index is 0.124. The van der Waals surface area contributed by atoms with Crippen molar-refractivity contribution in [2.75, 3.05) is 47.3 Å². The van der Waals surface area contributed by atoms with Crippen LogP contribution in [0, 0.1) is 0 Å². The molecule has 0 radical (unpaired) electrons. The SMILES string of the molecule is CC[C@@H](N)C(=O)N(CCN(C)C)C1CCN(C)CC1. The van der Waals surface area contributed by atoms with Crippen LogP contribution < -0.4 is 5.73 Å². The highest BCUT2D eigenvalue weighted by atomic mass is 16.2. The van der Waals surface area contributed by atoms with Crippen molar-refractivity contribution in [3.05, 3.63) is 0 Å². The van der Waals surface area contributed by atoms with Crippen molar-refractivity contribution in [1.82, 2.24) is 14.7 Å². The molecule has 19 heavy (non-hydrogen) atoms. The van der Waals surface area contributed by atoms with Gasteiger partial charge in [0.25, 0.3) is 0 Å². The number of hydrogen-bond donors (Lipinski definition) is 1. The van der Waals surface area contributed by atoms with Gasteiger partial charge in [0, 0.05) is 19.1 Å². The largest absolute Gasteiger partial charge is 0.337 e. The van der Waals surface area contributed by atoms with E-state index in [1.54, 1.807) is 0 Å². The summed E-state index contributed by atoms with van der Waals surface area (Å²) in [5.74, 6) is 0.124. The van der Waals surface area contributed by atoms with Crippen molar-refractivity contribution in [1.29, 1.82) is 0 Å². The predicted octanol–water partition coefficient (Wildman–Crippen LogP) is 0.208. The number of carbonyl (C=O) groups is 1. The van der Waals surface area contributed by atoms with Crippen LogP contribution in [-0.4, -0.2) is 80.0 Å². The highest BCUT2D eigenvalue weighted by Crippen LogP contribution is 2.16. The quantitative estimate of drug-likeness (QED) is 0.749. The lowest BCUT2D eigenvalue weighted by Crippen LogP contribution is -2.53. The Morgan fingerprint density at radius 2 is 1.89 bits per heavy atom. The maximum atomic E-state index is 12.4. The summed E-state index contributed by atoms with van der Waals surface area (Å²) < 4.78 is 0. The van der Waals surface area contributed by atoms with Crippen molar-refractivity contribution >= 4 is 5.91 Å². The van der Waals surface area contributed by atoms with Crippen molar-refractivity contribution < 1.29 is 4.79 Å². The zero-order valence-electron chi connectivity index (χ0n) is 12.9. The first-order valence-electron chi connectivity index (χ1n) is 7.35. The van der Waals surface area contributed by atoms with Crippen LogP contribution in [0.25, 0.3) is 0 Å². The summed E-state index contributed by atoms with van der Waals surface area (Å²) in [6, 6.07) is 0.0167. The third-order valence-electron chi connectivity index (χ3n) is 3.96. The molecule has 1 heterocycles. The highest BCUT2D eigenvalue weighted by Gasteiger charge is 2.29. The number of rotatable bonds is 6. The highest BCUT2D eigenvalue weighted by molar-refractivity contribution is 5.81. The molecule has 0 aromatic carbocycles. The Morgan fingerprint density at radius 3 is 2.37 bits per heavy atom. The van der Waals surface area contributed by atoms with Gasteiger partial charge in [0.15, 0.2) is 0 Å². The van der Waals surface area contributed by atoms with Crippen LogP contribution in [0.5, 0.6) is 0 Å². The second-order valence-electron chi connectivity index (χ2n) is 5.88. The maximum absolute atomic E-state index is 12.4. The van der Waals surface area contributed by atoms with Crippen molar-refractivity contribution in [2.45, 2.75) is 38.3 Å². The lowest BCUT2D eigenvalue weighted by Gasteiger charge is -2.39. The standard InChI is InChI=1S/C14H30N4O/c1-5-13(15)14(19)18(11-10-16(2)3)12-6-8-17(4)9-7-12/h12-13H,5-11,15H2,1-4H3/t13-/m1/s1. The van der Waals surface area contributed by atoms with Gasteiger partial charge in [-0.2, -0.15) is 0 Å². The minimum Gasteiger partial charge on any atom is -0.337 e. The molecule has 1 rings (SSSR count). The first-order valence-corrected chi connectivity index (χ1v) is 7.35. The number of piperidine rings is 1. The topological polar surface area (TPSA) is 52.8 Å². The third kappa shape index (κ3) is 5.09. The van der Waals surface area contributed by atoms with E-state index in [9.17, 15) is 4.79 Å². The molecule has 112 valence electrons. The van der Waals surface area contributed by atoms with Crippen LogP contribution in [0.4, 0.5) is 0 Å². The van der Waals surface area contributed by atoms with E-state index in [2.05, 4.69) is 16.8 Å². The Morgan fingerprint density at radius 1 is 1.32 bits per heavy atom. The van der Waals surface area contributed by atoms with Gasteiger partial charge in [0.05, 0.1) is 6.04 Å². The number of amides is 1. The monoisotopic (exact) mass is 270 g/mol. The average molecular weight is 270 g/mol. The van der Waals surface area contributed by atoms with Gasteiger partial charge in [0.2, 0.25) is 5.91 Å². The van der Waals surface area contributed by atoms with Gasteiger partial charge in [-0.1, -0.05) is 6.92 Å². The van der Waals surface area contributed by atoms with Gasteiger partial charge in [0.1, 0.15) is 0 Å². The van der Waals surface area contributed by atoms with Crippen molar-refractivity contribution in [2.24, 2.45) is 5.73 Å². The molecule has 1 amide bonds. The first-order chi connectivity index (χ1) is 8.95. The van der Waals surface area contributed by atoms with Gasteiger partial charge in [-0.3, -0.25) is 4.79 Å². The van der Waals surface area contributed by atoms with E-state index in [0.29, 0.717) is 12.5 Å². The lowest BCUT2D eigenvalue weighted by atomic mass is 10.0. The van der Waals surface area contributed by atoms with E-state index in [1.807, 2.05) is 25.9 Å². The number of likely N-dealkylation sites (tertiary alicyclic amines) is 1. The average Bonchev–Trinajstić information content (AvgIpc) is 2.39. The fourth-order valence-electron chi connectivity index (χ4n) is 2.47. The molecule has 1 atom stereocenters. The number of carbonyl (C=O) groups excluding carboxylic acids is 1. The molecular formula is C14H30N4O. The van der Waals surface area contributed by atoms with E-state index in [1.165, 1.54) is 0 Å². The molecule has 0 aliphatic carbocycles. The Hall–Kier alpha value is -0.650. The molecular weight excluding hydrogens is 240 g/mol. The molecule has 0 aromatic heterocycles. The Bertz CT molecular complexity index is 275. The van der Waals surface area contributed by atoms with E-state index >= 15 is 0 Å². The second kappa shape index (κ2) is 7.82. The smallest absolute Gasteiger partial charge is 0.239 e. The molecule has 1 aliphatic rings. The summed E-state index contributed by atoms with van der Waals surface area (Å²) >= 11 is 0. The lowest BCUT2D eigenvalue weighted by molar-refractivity contribution is -0.136. The zero-order valence-corrected chi connectivity index (χ0v) is 12.9. The summed E-state index contributed by atoms with van der Waals surface area (Å²) in [4.78, 5) is 18.9. The summed E-state index contributed by atoms with van der Waals surface area (Å²) in [6.07, 6.45) is 2.84. The predicted molar refractivity (Wildman–Crippen MR) is 79.1 cm³/mol. The van der Waals surface area contributed by atoms with E-state index in [4.69, 9.17) is 5.73 Å². The molecule has 1 aliphatic heterocycles. The number of nitrogens with two attached hydrogens (primary N) is 1.